The third kappa shape index (κ3) is 6.81. The second kappa shape index (κ2) is 10.9. The molecule has 0 bridgehead atoms. The number of aryl methyl sites for hydroxylation is 1. The van der Waals surface area contributed by atoms with Gasteiger partial charge in [0.25, 0.3) is 5.91 Å². The minimum absolute atomic E-state index is 0.0914. The summed E-state index contributed by atoms with van der Waals surface area (Å²) in [5, 5.41) is 3.51. The Kier molecular flexibility index (Phi) is 8.04. The van der Waals surface area contributed by atoms with Crippen molar-refractivity contribution in [2.45, 2.75) is 39.7 Å². The van der Waals surface area contributed by atoms with Crippen molar-refractivity contribution in [3.63, 3.8) is 0 Å². The number of nitrogens with zero attached hydrogens (tertiary/aromatic N) is 1. The SMILES string of the molecule is CCCOC(C)Cc1ccc(C(=O)Nc2cccc(Oc3cccc(Cl)c3)c2)c(C)n1. The van der Waals surface area contributed by atoms with Crippen LogP contribution >= 0.6 is 11.6 Å². The standard InChI is InChI=1S/C25H27ClN2O3/c1-4-13-30-17(2)14-21-11-12-24(18(3)27-21)25(29)28-20-8-6-10-23(16-20)31-22-9-5-7-19(26)15-22/h5-12,15-17H,4,13-14H2,1-3H3,(H,28,29). The van der Waals surface area contributed by atoms with Crippen LogP contribution in [0.2, 0.25) is 5.02 Å². The summed E-state index contributed by atoms with van der Waals surface area (Å²) >= 11 is 6.01. The van der Waals surface area contributed by atoms with E-state index in [2.05, 4.69) is 17.2 Å². The zero-order valence-electron chi connectivity index (χ0n) is 18.0. The molecule has 1 aromatic heterocycles. The molecule has 0 aliphatic carbocycles. The van der Waals surface area contributed by atoms with Gasteiger partial charge in [-0.2, -0.15) is 0 Å². The molecule has 162 valence electrons. The molecule has 0 aliphatic rings. The average Bonchev–Trinajstić information content (AvgIpc) is 2.72. The molecule has 1 atom stereocenters. The third-order valence-corrected chi connectivity index (χ3v) is 4.85. The number of anilines is 1. The second-order valence-electron chi connectivity index (χ2n) is 7.36. The quantitative estimate of drug-likeness (QED) is 0.417. The Hall–Kier alpha value is -2.89. The summed E-state index contributed by atoms with van der Waals surface area (Å²) < 4.78 is 11.5. The molecule has 3 aromatic rings. The van der Waals surface area contributed by atoms with Crippen molar-refractivity contribution in [2.24, 2.45) is 0 Å². The first kappa shape index (κ1) is 22.8. The van der Waals surface area contributed by atoms with Crippen molar-refractivity contribution in [2.75, 3.05) is 11.9 Å². The van der Waals surface area contributed by atoms with Gasteiger partial charge < -0.3 is 14.8 Å². The highest BCUT2D eigenvalue weighted by molar-refractivity contribution is 6.30. The van der Waals surface area contributed by atoms with Crippen molar-refractivity contribution < 1.29 is 14.3 Å². The molecule has 31 heavy (non-hydrogen) atoms. The number of nitrogens with one attached hydrogen (secondary N) is 1. The van der Waals surface area contributed by atoms with Crippen molar-refractivity contribution >= 4 is 23.2 Å². The lowest BCUT2D eigenvalue weighted by Gasteiger charge is -2.13. The van der Waals surface area contributed by atoms with Crippen LogP contribution in [0.25, 0.3) is 0 Å². The van der Waals surface area contributed by atoms with E-state index in [0.29, 0.717) is 39.9 Å². The van der Waals surface area contributed by atoms with E-state index in [4.69, 9.17) is 21.1 Å². The summed E-state index contributed by atoms with van der Waals surface area (Å²) in [6.45, 7) is 6.70. The van der Waals surface area contributed by atoms with Gasteiger partial charge in [0.15, 0.2) is 0 Å². The van der Waals surface area contributed by atoms with Crippen LogP contribution in [0.15, 0.2) is 60.7 Å². The Balaban J connectivity index is 1.66. The van der Waals surface area contributed by atoms with E-state index in [9.17, 15) is 4.79 Å². The smallest absolute Gasteiger partial charge is 0.257 e. The minimum atomic E-state index is -0.216. The topological polar surface area (TPSA) is 60.5 Å². The normalized spacial score (nSPS) is 11.7. The predicted octanol–water partition coefficient (Wildman–Crippen LogP) is 6.45. The van der Waals surface area contributed by atoms with Gasteiger partial charge in [-0.15, -0.1) is 0 Å². The van der Waals surface area contributed by atoms with Crippen LogP contribution in [0.5, 0.6) is 11.5 Å². The number of pyridine rings is 1. The van der Waals surface area contributed by atoms with Crippen LogP contribution < -0.4 is 10.1 Å². The first-order valence-electron chi connectivity index (χ1n) is 10.4. The van der Waals surface area contributed by atoms with Crippen molar-refractivity contribution in [1.29, 1.82) is 0 Å². The summed E-state index contributed by atoms with van der Waals surface area (Å²) in [5.41, 5.74) is 2.76. The lowest BCUT2D eigenvalue weighted by molar-refractivity contribution is 0.0663. The number of halogens is 1. The summed E-state index contributed by atoms with van der Waals surface area (Å²) in [6, 6.07) is 18.1. The molecule has 0 aliphatic heterocycles. The summed E-state index contributed by atoms with van der Waals surface area (Å²) in [6.07, 6.45) is 1.79. The number of amides is 1. The van der Waals surface area contributed by atoms with Gasteiger partial charge in [-0.05, 0) is 62.7 Å². The maximum atomic E-state index is 12.8. The minimum Gasteiger partial charge on any atom is -0.457 e. The molecule has 0 saturated carbocycles. The molecule has 1 amide bonds. The number of rotatable bonds is 9. The van der Waals surface area contributed by atoms with Crippen molar-refractivity contribution in [3.05, 3.63) is 82.6 Å². The zero-order valence-corrected chi connectivity index (χ0v) is 18.8. The molecular weight excluding hydrogens is 412 g/mol. The average molecular weight is 439 g/mol. The molecule has 6 heteroatoms. The molecule has 1 unspecified atom stereocenters. The molecule has 3 rings (SSSR count). The monoisotopic (exact) mass is 438 g/mol. The van der Waals surface area contributed by atoms with Crippen LogP contribution in [0, 0.1) is 6.92 Å². The fourth-order valence-electron chi connectivity index (χ4n) is 3.14. The summed E-state index contributed by atoms with van der Waals surface area (Å²) in [4.78, 5) is 17.4. The second-order valence-corrected chi connectivity index (χ2v) is 7.80. The Morgan fingerprint density at radius 1 is 1.10 bits per heavy atom. The molecule has 1 N–H and O–H groups in total. The van der Waals surface area contributed by atoms with E-state index in [1.807, 2.05) is 56.3 Å². The van der Waals surface area contributed by atoms with Gasteiger partial charge in [-0.25, -0.2) is 0 Å². The van der Waals surface area contributed by atoms with E-state index in [0.717, 1.165) is 18.7 Å². The number of carbonyl (C=O) groups is 1. The molecule has 0 radical (unpaired) electrons. The van der Waals surface area contributed by atoms with Crippen LogP contribution in [0.3, 0.4) is 0 Å². The van der Waals surface area contributed by atoms with E-state index >= 15 is 0 Å². The van der Waals surface area contributed by atoms with E-state index < -0.39 is 0 Å². The number of ether oxygens (including phenoxy) is 2. The first-order chi connectivity index (χ1) is 14.9. The number of hydrogen-bond acceptors (Lipinski definition) is 4. The zero-order chi connectivity index (χ0) is 22.2. The van der Waals surface area contributed by atoms with E-state index in [1.54, 1.807) is 18.2 Å². The lowest BCUT2D eigenvalue weighted by Crippen LogP contribution is -2.16. The van der Waals surface area contributed by atoms with Gasteiger partial charge in [0.05, 0.1) is 17.4 Å². The highest BCUT2D eigenvalue weighted by Gasteiger charge is 2.13. The fourth-order valence-corrected chi connectivity index (χ4v) is 3.32. The fraction of sp³-hybridized carbons (Fsp3) is 0.280. The number of benzene rings is 2. The largest absolute Gasteiger partial charge is 0.457 e. The van der Waals surface area contributed by atoms with Crippen LogP contribution in [0.4, 0.5) is 5.69 Å². The van der Waals surface area contributed by atoms with Gasteiger partial charge in [-0.1, -0.05) is 30.7 Å². The van der Waals surface area contributed by atoms with Gasteiger partial charge in [0.2, 0.25) is 0 Å². The molecule has 0 fully saturated rings. The van der Waals surface area contributed by atoms with Gasteiger partial charge in [0.1, 0.15) is 11.5 Å². The highest BCUT2D eigenvalue weighted by atomic mass is 35.5. The maximum Gasteiger partial charge on any atom is 0.257 e. The van der Waals surface area contributed by atoms with E-state index in [1.165, 1.54) is 0 Å². The van der Waals surface area contributed by atoms with Crippen LogP contribution in [-0.2, 0) is 11.2 Å². The number of aromatic nitrogens is 1. The summed E-state index contributed by atoms with van der Waals surface area (Å²) in [7, 11) is 0. The third-order valence-electron chi connectivity index (χ3n) is 4.61. The van der Waals surface area contributed by atoms with Crippen molar-refractivity contribution in [3.8, 4) is 11.5 Å². The first-order valence-corrected chi connectivity index (χ1v) is 10.8. The molecule has 2 aromatic carbocycles. The number of hydrogen-bond donors (Lipinski definition) is 1. The van der Waals surface area contributed by atoms with Gasteiger partial charge >= 0.3 is 0 Å². The Labute approximate surface area is 188 Å². The Morgan fingerprint density at radius 2 is 1.84 bits per heavy atom. The molecule has 1 heterocycles. The number of carbonyl (C=O) groups excluding carboxylic acids is 1. The van der Waals surface area contributed by atoms with Crippen LogP contribution in [-0.4, -0.2) is 23.6 Å². The summed E-state index contributed by atoms with van der Waals surface area (Å²) in [5.74, 6) is 1.02. The molecule has 5 nitrogen and oxygen atoms in total. The Bertz CT molecular complexity index is 1040. The molecule has 0 saturated heterocycles. The van der Waals surface area contributed by atoms with Gasteiger partial charge in [-0.3, -0.25) is 9.78 Å². The molecule has 0 spiro atoms. The Morgan fingerprint density at radius 3 is 2.55 bits per heavy atom. The lowest BCUT2D eigenvalue weighted by atomic mass is 10.1. The van der Waals surface area contributed by atoms with Gasteiger partial charge in [0, 0.05) is 35.5 Å². The van der Waals surface area contributed by atoms with Crippen LogP contribution in [0.1, 0.15) is 42.0 Å². The van der Waals surface area contributed by atoms with E-state index in [-0.39, 0.29) is 12.0 Å². The maximum absolute atomic E-state index is 12.8. The predicted molar refractivity (Wildman–Crippen MR) is 124 cm³/mol. The van der Waals surface area contributed by atoms with Crippen molar-refractivity contribution in [1.82, 2.24) is 4.98 Å². The highest BCUT2D eigenvalue weighted by Crippen LogP contribution is 2.26. The molecular formula is C25H27ClN2O3.